The van der Waals surface area contributed by atoms with Gasteiger partial charge in [-0.1, -0.05) is 0 Å². The Hall–Kier alpha value is -2.36. The van der Waals surface area contributed by atoms with Crippen LogP contribution >= 0.6 is 0 Å². The van der Waals surface area contributed by atoms with Gasteiger partial charge in [-0.2, -0.15) is 0 Å². The third-order valence-corrected chi connectivity index (χ3v) is 6.06. The topological polar surface area (TPSA) is 48.4 Å². The molecule has 1 heterocycles. The van der Waals surface area contributed by atoms with E-state index in [2.05, 4.69) is 17.1 Å². The van der Waals surface area contributed by atoms with Gasteiger partial charge < -0.3 is 0 Å². The van der Waals surface area contributed by atoms with Crippen LogP contribution < -0.4 is 9.20 Å². The number of carbonyl (C=O) groups is 1. The standard InChI is InChI=1S/C20H19NO3Se/c1-3-24-20(22)18-12-19(25-13-14-7-5-4-6-8-14)16-11-15(23-2)9-10-17(16)21-18/h4-12H,3,13H2,1-2H3. The molecule has 25 heavy (non-hydrogen) atoms. The average Bonchev–Trinajstić information content (AvgIpc) is 2.66. The van der Waals surface area contributed by atoms with Crippen LogP contribution in [0.4, 0.5) is 0 Å². The molecule has 0 unspecified atom stereocenters. The van der Waals surface area contributed by atoms with Crippen LogP contribution in [-0.2, 0) is 10.1 Å². The Morgan fingerprint density at radius 2 is 1.92 bits per heavy atom. The molecule has 3 aromatic rings. The molecule has 0 aliphatic rings. The Morgan fingerprint density at radius 1 is 1.12 bits per heavy atom. The summed E-state index contributed by atoms with van der Waals surface area (Å²) < 4.78 is 11.6. The second-order valence-electron chi connectivity index (χ2n) is 5.38. The number of hydrogen-bond acceptors (Lipinski definition) is 4. The maximum absolute atomic E-state index is 12.1. The first kappa shape index (κ1) is 17.5. The van der Waals surface area contributed by atoms with E-state index >= 15 is 0 Å². The quantitative estimate of drug-likeness (QED) is 0.472. The van der Waals surface area contributed by atoms with E-state index in [0.717, 1.165) is 26.4 Å². The molecule has 5 heteroatoms. The van der Waals surface area contributed by atoms with Crippen molar-refractivity contribution in [2.45, 2.75) is 12.2 Å². The van der Waals surface area contributed by atoms with E-state index < -0.39 is 0 Å². The molecule has 0 radical (unpaired) electrons. The number of ether oxygens (including phenoxy) is 2. The first-order chi connectivity index (χ1) is 12.2. The second-order valence-corrected chi connectivity index (χ2v) is 7.52. The Morgan fingerprint density at radius 3 is 2.64 bits per heavy atom. The fraction of sp³-hybridized carbons (Fsp3) is 0.200. The number of benzene rings is 2. The van der Waals surface area contributed by atoms with Gasteiger partial charge in [-0.3, -0.25) is 0 Å². The number of aromatic nitrogens is 1. The second kappa shape index (κ2) is 8.15. The van der Waals surface area contributed by atoms with Crippen molar-refractivity contribution >= 4 is 36.3 Å². The van der Waals surface area contributed by atoms with Crippen molar-refractivity contribution in [2.75, 3.05) is 13.7 Å². The Balaban J connectivity index is 2.00. The van der Waals surface area contributed by atoms with Crippen LogP contribution in [0.5, 0.6) is 5.75 Å². The van der Waals surface area contributed by atoms with Gasteiger partial charge >= 0.3 is 153 Å². The first-order valence-corrected chi connectivity index (χ1v) is 10.1. The number of rotatable bonds is 6. The molecule has 0 aliphatic heterocycles. The van der Waals surface area contributed by atoms with Gasteiger partial charge in [-0.25, -0.2) is 0 Å². The fourth-order valence-corrected chi connectivity index (χ4v) is 4.62. The summed E-state index contributed by atoms with van der Waals surface area (Å²) in [6, 6.07) is 17.9. The zero-order chi connectivity index (χ0) is 17.6. The molecule has 1 aromatic heterocycles. The van der Waals surface area contributed by atoms with Crippen molar-refractivity contribution in [2.24, 2.45) is 0 Å². The van der Waals surface area contributed by atoms with Crippen LogP contribution in [-0.4, -0.2) is 39.6 Å². The minimum atomic E-state index is -0.378. The van der Waals surface area contributed by atoms with E-state index in [1.54, 1.807) is 14.0 Å². The van der Waals surface area contributed by atoms with Gasteiger partial charge in [0.2, 0.25) is 0 Å². The van der Waals surface area contributed by atoms with Crippen molar-refractivity contribution in [3.63, 3.8) is 0 Å². The fourth-order valence-electron chi connectivity index (χ4n) is 2.47. The van der Waals surface area contributed by atoms with Gasteiger partial charge in [0, 0.05) is 0 Å². The van der Waals surface area contributed by atoms with Crippen molar-refractivity contribution in [1.29, 1.82) is 0 Å². The van der Waals surface area contributed by atoms with Gasteiger partial charge in [0.25, 0.3) is 0 Å². The number of carbonyl (C=O) groups excluding carboxylic acids is 1. The van der Waals surface area contributed by atoms with Crippen molar-refractivity contribution < 1.29 is 14.3 Å². The molecule has 0 fully saturated rings. The Bertz CT molecular complexity index is 881. The number of fused-ring (bicyclic) bond motifs is 1. The van der Waals surface area contributed by atoms with Crippen LogP contribution in [0, 0.1) is 0 Å². The van der Waals surface area contributed by atoms with Crippen LogP contribution in [0.2, 0.25) is 0 Å². The molecule has 0 amide bonds. The molecule has 4 nitrogen and oxygen atoms in total. The van der Waals surface area contributed by atoms with Crippen LogP contribution in [0.25, 0.3) is 10.9 Å². The number of pyridine rings is 1. The van der Waals surface area contributed by atoms with Gasteiger partial charge in [0.1, 0.15) is 0 Å². The van der Waals surface area contributed by atoms with E-state index in [-0.39, 0.29) is 20.9 Å². The summed E-state index contributed by atoms with van der Waals surface area (Å²) in [5.41, 5.74) is 2.44. The minimum absolute atomic E-state index is 0.163. The van der Waals surface area contributed by atoms with Crippen LogP contribution in [0.1, 0.15) is 23.0 Å². The molecule has 2 aromatic carbocycles. The Labute approximate surface area is 153 Å². The monoisotopic (exact) mass is 401 g/mol. The predicted molar refractivity (Wildman–Crippen MR) is 99.8 cm³/mol. The third kappa shape index (κ3) is 4.19. The third-order valence-electron chi connectivity index (χ3n) is 3.70. The van der Waals surface area contributed by atoms with E-state index in [0.29, 0.717) is 12.3 Å². The van der Waals surface area contributed by atoms with E-state index in [9.17, 15) is 4.79 Å². The molecule has 0 aliphatic carbocycles. The molecule has 3 rings (SSSR count). The molecular weight excluding hydrogens is 381 g/mol. The molecule has 0 atom stereocenters. The van der Waals surface area contributed by atoms with Crippen LogP contribution in [0.3, 0.4) is 0 Å². The Kier molecular flexibility index (Phi) is 5.69. The summed E-state index contributed by atoms with van der Waals surface area (Å²) >= 11 is 0.163. The van der Waals surface area contributed by atoms with Crippen molar-refractivity contribution in [3.8, 4) is 5.75 Å². The molecule has 0 saturated carbocycles. The molecule has 0 saturated heterocycles. The SMILES string of the molecule is CCOC(=O)c1cc([Se]Cc2ccccc2)c2cc(OC)ccc2n1. The zero-order valence-electron chi connectivity index (χ0n) is 14.2. The predicted octanol–water partition coefficient (Wildman–Crippen LogP) is 2.95. The molecular formula is C20H19NO3Se. The van der Waals surface area contributed by atoms with Crippen molar-refractivity contribution in [1.82, 2.24) is 4.98 Å². The zero-order valence-corrected chi connectivity index (χ0v) is 15.9. The average molecular weight is 400 g/mol. The molecule has 0 N–H and O–H groups in total. The number of nitrogens with zero attached hydrogens (tertiary/aromatic N) is 1. The summed E-state index contributed by atoms with van der Waals surface area (Å²) in [7, 11) is 1.65. The normalized spacial score (nSPS) is 10.6. The summed E-state index contributed by atoms with van der Waals surface area (Å²) in [4.78, 5) is 16.6. The molecule has 0 spiro atoms. The van der Waals surface area contributed by atoms with E-state index in [1.165, 1.54) is 5.56 Å². The van der Waals surface area contributed by atoms with Crippen LogP contribution in [0.15, 0.2) is 54.6 Å². The van der Waals surface area contributed by atoms with Gasteiger partial charge in [0.05, 0.1) is 0 Å². The maximum atomic E-state index is 12.1. The number of hydrogen-bond donors (Lipinski definition) is 0. The van der Waals surface area contributed by atoms with E-state index in [4.69, 9.17) is 9.47 Å². The van der Waals surface area contributed by atoms with Gasteiger partial charge in [-0.15, -0.1) is 0 Å². The van der Waals surface area contributed by atoms with Crippen molar-refractivity contribution in [3.05, 3.63) is 65.9 Å². The summed E-state index contributed by atoms with van der Waals surface area (Å²) in [6.07, 6.45) is 0. The first-order valence-electron chi connectivity index (χ1n) is 8.04. The van der Waals surface area contributed by atoms with Gasteiger partial charge in [-0.05, 0) is 0 Å². The molecule has 128 valence electrons. The summed E-state index contributed by atoms with van der Waals surface area (Å²) in [5, 5.41) is 1.98. The van der Waals surface area contributed by atoms with Gasteiger partial charge in [0.15, 0.2) is 0 Å². The summed E-state index contributed by atoms with van der Waals surface area (Å²) in [5.74, 6) is 0.409. The molecule has 0 bridgehead atoms. The number of methoxy groups -OCH3 is 1. The van der Waals surface area contributed by atoms with E-state index in [1.807, 2.05) is 42.5 Å². The number of esters is 1. The summed E-state index contributed by atoms with van der Waals surface area (Å²) in [6.45, 7) is 2.13.